The van der Waals surface area contributed by atoms with Gasteiger partial charge in [0.15, 0.2) is 6.29 Å². The number of ether oxygens (including phenoxy) is 1. The van der Waals surface area contributed by atoms with Gasteiger partial charge in [0.25, 0.3) is 0 Å². The molecular weight excluding hydrogens is 320 g/mol. The second kappa shape index (κ2) is 7.22. The highest BCUT2D eigenvalue weighted by Gasteiger charge is 2.05. The van der Waals surface area contributed by atoms with Crippen LogP contribution in [0.4, 0.5) is 0 Å². The van der Waals surface area contributed by atoms with Crippen molar-refractivity contribution in [3.63, 3.8) is 0 Å². The van der Waals surface area contributed by atoms with Crippen molar-refractivity contribution in [2.75, 3.05) is 6.61 Å². The molecule has 20 heavy (non-hydrogen) atoms. The van der Waals surface area contributed by atoms with Crippen LogP contribution >= 0.6 is 15.9 Å². The number of halogens is 1. The van der Waals surface area contributed by atoms with Gasteiger partial charge in [-0.2, -0.15) is 0 Å². The summed E-state index contributed by atoms with van der Waals surface area (Å²) in [5, 5.41) is 8.80. The summed E-state index contributed by atoms with van der Waals surface area (Å²) in [7, 11) is 0. The number of rotatable bonds is 6. The minimum absolute atomic E-state index is 0.194. The largest absolute Gasteiger partial charge is 0.457 e. The van der Waals surface area contributed by atoms with E-state index in [2.05, 4.69) is 15.9 Å². The lowest BCUT2D eigenvalue weighted by atomic mass is 10.1. The van der Waals surface area contributed by atoms with Crippen molar-refractivity contribution < 1.29 is 14.6 Å². The van der Waals surface area contributed by atoms with E-state index in [4.69, 9.17) is 9.84 Å². The summed E-state index contributed by atoms with van der Waals surface area (Å²) < 4.78 is 6.55. The third kappa shape index (κ3) is 3.92. The molecule has 2 rings (SSSR count). The molecule has 0 saturated heterocycles. The number of aldehydes is 1. The Balaban J connectivity index is 2.12. The lowest BCUT2D eigenvalue weighted by molar-refractivity contribution is 0.112. The molecule has 0 heterocycles. The first-order chi connectivity index (χ1) is 9.72. The van der Waals surface area contributed by atoms with Gasteiger partial charge in [0, 0.05) is 11.1 Å². The van der Waals surface area contributed by atoms with Crippen molar-refractivity contribution in [2.24, 2.45) is 0 Å². The topological polar surface area (TPSA) is 46.5 Å². The number of hydrogen-bond donors (Lipinski definition) is 1. The minimum atomic E-state index is 0.194. The molecule has 2 aromatic carbocycles. The van der Waals surface area contributed by atoms with E-state index in [0.29, 0.717) is 17.1 Å². The Morgan fingerprint density at radius 3 is 2.55 bits per heavy atom. The van der Waals surface area contributed by atoms with Gasteiger partial charge < -0.3 is 9.84 Å². The molecule has 0 aliphatic carbocycles. The van der Waals surface area contributed by atoms with E-state index in [9.17, 15) is 4.79 Å². The predicted molar refractivity (Wildman–Crippen MR) is 81.5 cm³/mol. The Morgan fingerprint density at radius 1 is 1.15 bits per heavy atom. The second-order valence-electron chi connectivity index (χ2n) is 4.37. The molecule has 0 fully saturated rings. The number of benzene rings is 2. The molecule has 0 bridgehead atoms. The van der Waals surface area contributed by atoms with E-state index in [1.165, 1.54) is 0 Å². The van der Waals surface area contributed by atoms with Gasteiger partial charge >= 0.3 is 0 Å². The van der Waals surface area contributed by atoms with Gasteiger partial charge in [-0.25, -0.2) is 0 Å². The third-order valence-electron chi connectivity index (χ3n) is 2.87. The van der Waals surface area contributed by atoms with Crippen LogP contribution in [0.5, 0.6) is 11.5 Å². The molecule has 0 atom stereocenters. The third-order valence-corrected chi connectivity index (χ3v) is 3.37. The van der Waals surface area contributed by atoms with Crippen molar-refractivity contribution >= 4 is 22.2 Å². The number of aliphatic hydroxyl groups is 1. The number of aryl methyl sites for hydroxylation is 1. The highest BCUT2D eigenvalue weighted by Crippen LogP contribution is 2.27. The standard InChI is InChI=1S/C16H15BrO3/c17-14-5-8-16(13(10-14)11-19)20-15-6-3-12(4-7-15)2-1-9-18/h3-8,10-11,18H,1-2,9H2. The zero-order valence-electron chi connectivity index (χ0n) is 10.9. The summed E-state index contributed by atoms with van der Waals surface area (Å²) >= 11 is 3.32. The fourth-order valence-corrected chi connectivity index (χ4v) is 2.22. The van der Waals surface area contributed by atoms with Crippen molar-refractivity contribution in [2.45, 2.75) is 12.8 Å². The van der Waals surface area contributed by atoms with Gasteiger partial charge in [0.05, 0.1) is 5.56 Å². The molecule has 0 aliphatic heterocycles. The molecule has 0 spiro atoms. The smallest absolute Gasteiger partial charge is 0.153 e. The molecule has 1 N–H and O–H groups in total. The fourth-order valence-electron chi connectivity index (χ4n) is 1.84. The van der Waals surface area contributed by atoms with E-state index in [1.807, 2.05) is 30.3 Å². The van der Waals surface area contributed by atoms with Gasteiger partial charge in [-0.3, -0.25) is 4.79 Å². The monoisotopic (exact) mass is 334 g/mol. The normalized spacial score (nSPS) is 10.3. The van der Waals surface area contributed by atoms with E-state index in [0.717, 1.165) is 29.2 Å². The lowest BCUT2D eigenvalue weighted by Crippen LogP contribution is -1.92. The van der Waals surface area contributed by atoms with Crippen LogP contribution in [0.15, 0.2) is 46.9 Å². The number of aliphatic hydroxyl groups excluding tert-OH is 1. The van der Waals surface area contributed by atoms with Gasteiger partial charge in [-0.05, 0) is 48.7 Å². The summed E-state index contributed by atoms with van der Waals surface area (Å²) in [6, 6.07) is 13.0. The Labute approximate surface area is 126 Å². The molecule has 4 heteroatoms. The van der Waals surface area contributed by atoms with Crippen molar-refractivity contribution in [1.29, 1.82) is 0 Å². The first kappa shape index (κ1) is 14.8. The summed E-state index contributed by atoms with van der Waals surface area (Å²) in [5.74, 6) is 1.22. The molecule has 2 aromatic rings. The van der Waals surface area contributed by atoms with Crippen molar-refractivity contribution in [1.82, 2.24) is 0 Å². The maximum atomic E-state index is 11.0. The first-order valence-electron chi connectivity index (χ1n) is 6.35. The molecule has 104 valence electrons. The number of hydrogen-bond acceptors (Lipinski definition) is 3. The molecular formula is C16H15BrO3. The maximum absolute atomic E-state index is 11.0. The second-order valence-corrected chi connectivity index (χ2v) is 5.29. The maximum Gasteiger partial charge on any atom is 0.153 e. The van der Waals surface area contributed by atoms with Crippen LogP contribution in [0, 0.1) is 0 Å². The highest BCUT2D eigenvalue weighted by molar-refractivity contribution is 9.10. The fraction of sp³-hybridized carbons (Fsp3) is 0.188. The SMILES string of the molecule is O=Cc1cc(Br)ccc1Oc1ccc(CCCO)cc1. The Morgan fingerprint density at radius 2 is 1.90 bits per heavy atom. The molecule has 0 radical (unpaired) electrons. The van der Waals surface area contributed by atoms with E-state index in [1.54, 1.807) is 12.1 Å². The quantitative estimate of drug-likeness (QED) is 0.813. The number of carbonyl (C=O) groups is 1. The lowest BCUT2D eigenvalue weighted by Gasteiger charge is -2.09. The molecule has 0 saturated carbocycles. The van der Waals surface area contributed by atoms with Crippen LogP contribution in [-0.4, -0.2) is 18.0 Å². The van der Waals surface area contributed by atoms with Crippen LogP contribution in [0.2, 0.25) is 0 Å². The average Bonchev–Trinajstić information content (AvgIpc) is 2.48. The summed E-state index contributed by atoms with van der Waals surface area (Å²) in [6.07, 6.45) is 2.37. The molecule has 0 aromatic heterocycles. The van der Waals surface area contributed by atoms with E-state index >= 15 is 0 Å². The van der Waals surface area contributed by atoms with Crippen molar-refractivity contribution in [3.8, 4) is 11.5 Å². The van der Waals surface area contributed by atoms with E-state index in [-0.39, 0.29) is 6.61 Å². The van der Waals surface area contributed by atoms with Gasteiger partial charge in [0.2, 0.25) is 0 Å². The predicted octanol–water partition coefficient (Wildman–Crippen LogP) is 3.98. The van der Waals surface area contributed by atoms with Crippen LogP contribution in [0.1, 0.15) is 22.3 Å². The molecule has 0 amide bonds. The summed E-state index contributed by atoms with van der Waals surface area (Å²) in [5.41, 5.74) is 1.65. The van der Waals surface area contributed by atoms with Gasteiger partial charge in [-0.15, -0.1) is 0 Å². The first-order valence-corrected chi connectivity index (χ1v) is 7.14. The Bertz CT molecular complexity index is 579. The zero-order chi connectivity index (χ0) is 14.4. The molecule has 0 unspecified atom stereocenters. The molecule has 3 nitrogen and oxygen atoms in total. The highest BCUT2D eigenvalue weighted by atomic mass is 79.9. The van der Waals surface area contributed by atoms with Crippen LogP contribution in [0.25, 0.3) is 0 Å². The Kier molecular flexibility index (Phi) is 5.32. The van der Waals surface area contributed by atoms with Crippen LogP contribution < -0.4 is 4.74 Å². The summed E-state index contributed by atoms with van der Waals surface area (Å²) in [6.45, 7) is 0.194. The zero-order valence-corrected chi connectivity index (χ0v) is 12.5. The van der Waals surface area contributed by atoms with Gasteiger partial charge in [-0.1, -0.05) is 28.1 Å². The van der Waals surface area contributed by atoms with Crippen LogP contribution in [-0.2, 0) is 6.42 Å². The number of carbonyl (C=O) groups excluding carboxylic acids is 1. The van der Waals surface area contributed by atoms with Crippen LogP contribution in [0.3, 0.4) is 0 Å². The molecule has 0 aliphatic rings. The van der Waals surface area contributed by atoms with E-state index < -0.39 is 0 Å². The average molecular weight is 335 g/mol. The minimum Gasteiger partial charge on any atom is -0.457 e. The summed E-state index contributed by atoms with van der Waals surface area (Å²) in [4.78, 5) is 11.0. The van der Waals surface area contributed by atoms with Crippen molar-refractivity contribution in [3.05, 3.63) is 58.1 Å². The van der Waals surface area contributed by atoms with Gasteiger partial charge in [0.1, 0.15) is 11.5 Å². The Hall–Kier alpha value is -1.65.